The van der Waals surface area contributed by atoms with Crippen molar-refractivity contribution in [1.82, 2.24) is 37.0 Å². The van der Waals surface area contributed by atoms with Crippen LogP contribution in [0.2, 0.25) is 0 Å². The lowest BCUT2D eigenvalue weighted by atomic mass is 9.75. The van der Waals surface area contributed by atoms with Gasteiger partial charge in [-0.3, -0.25) is 38.6 Å². The molecule has 1 fully saturated rings. The molecule has 0 aromatic carbocycles. The number of hydroxylamine groups is 2. The molecule has 1 aliphatic rings. The summed E-state index contributed by atoms with van der Waals surface area (Å²) in [6, 6.07) is -4.26. The number of amides is 6. The average Bonchev–Trinajstić information content (AvgIpc) is 3.33. The first-order valence-corrected chi connectivity index (χ1v) is 25.3. The van der Waals surface area contributed by atoms with Crippen molar-refractivity contribution in [2.24, 2.45) is 28.3 Å². The van der Waals surface area contributed by atoms with Crippen LogP contribution in [0, 0.1) is 11.8 Å². The number of hydrogen-bond acceptors (Lipinski definition) is 18. The Hall–Kier alpha value is -5.37. The maximum atomic E-state index is 13.0. The van der Waals surface area contributed by atoms with Crippen molar-refractivity contribution < 1.29 is 91.7 Å². The third-order valence-electron chi connectivity index (χ3n) is 11.1. The minimum Gasteiger partial charge on any atom is -0.481 e. The monoisotopic (exact) mass is 1090 g/mol. The lowest BCUT2D eigenvalue weighted by molar-refractivity contribution is -0.292. The number of ether oxygens (including phenoxy) is 8. The molecule has 3 atom stereocenters. The molecule has 1 radical (unpaired) electrons. The lowest BCUT2D eigenvalue weighted by Crippen LogP contribution is -2.60. The van der Waals surface area contributed by atoms with Gasteiger partial charge >= 0.3 is 11.9 Å². The summed E-state index contributed by atoms with van der Waals surface area (Å²) in [5.41, 5.74) is 9.49. The number of rotatable bonds is 44. The molecule has 0 bridgehead atoms. The molecule has 1 heterocycles. The number of nitrogens with zero attached hydrogens (tertiary/aromatic N) is 2. The van der Waals surface area contributed by atoms with Crippen LogP contribution in [0.15, 0.2) is 4.99 Å². The second-order valence-electron chi connectivity index (χ2n) is 19.0. The topological polar surface area (TPSA) is 411 Å². The van der Waals surface area contributed by atoms with Crippen molar-refractivity contribution in [3.8, 4) is 0 Å². The number of carboxylic acids is 2. The maximum absolute atomic E-state index is 13.0. The van der Waals surface area contributed by atoms with Crippen LogP contribution in [0.3, 0.4) is 0 Å². The molecule has 12 N–H and O–H groups in total. The van der Waals surface area contributed by atoms with Gasteiger partial charge in [0.2, 0.25) is 35.4 Å². The molecule has 1 saturated heterocycles. The zero-order chi connectivity index (χ0) is 56.9. The number of aliphatic carboxylic acids is 2. The Morgan fingerprint density at radius 3 is 1.49 bits per heavy atom. The summed E-state index contributed by atoms with van der Waals surface area (Å²) in [5, 5.41) is 46.8. The molecular weight excluding hydrogens is 1010 g/mol. The van der Waals surface area contributed by atoms with E-state index >= 15 is 0 Å². The molecule has 0 aliphatic carbocycles. The summed E-state index contributed by atoms with van der Waals surface area (Å²) in [4.78, 5) is 103. The van der Waals surface area contributed by atoms with Gasteiger partial charge in [-0.25, -0.2) is 4.79 Å². The van der Waals surface area contributed by atoms with Crippen LogP contribution in [0.5, 0.6) is 0 Å². The second kappa shape index (κ2) is 39.1. The average molecular weight is 1090 g/mol. The third kappa shape index (κ3) is 32.3. The van der Waals surface area contributed by atoms with Crippen LogP contribution in [0.25, 0.3) is 0 Å². The van der Waals surface area contributed by atoms with E-state index in [-0.39, 0.29) is 56.9 Å². The van der Waals surface area contributed by atoms with E-state index in [0.717, 1.165) is 5.06 Å². The van der Waals surface area contributed by atoms with Crippen LogP contribution >= 0.6 is 0 Å². The summed E-state index contributed by atoms with van der Waals surface area (Å²) in [6.07, 6.45) is 0.344. The van der Waals surface area contributed by atoms with E-state index in [0.29, 0.717) is 98.7 Å². The SMILES string of the molecule is CC(C)[C@H](NC(=O)[C@H](CC(=O)O)NC(=O)CNC(=O)[C@H](CCCN=C(N)N)NC(=O)COCC(=O)NCCOCCOCCOCCOCCOCCOCCOCCNC(=O)C1CC(C)(C)N([O])C(C)(C)C1)C(=O)O. The fourth-order valence-corrected chi connectivity index (χ4v) is 7.51. The van der Waals surface area contributed by atoms with Crippen LogP contribution in [-0.2, 0) is 81.5 Å². The van der Waals surface area contributed by atoms with Gasteiger partial charge < -0.3 is 91.5 Å². The van der Waals surface area contributed by atoms with E-state index in [1.807, 2.05) is 27.7 Å². The van der Waals surface area contributed by atoms with Gasteiger partial charge in [-0.1, -0.05) is 13.8 Å². The van der Waals surface area contributed by atoms with Crippen LogP contribution in [0.1, 0.15) is 73.6 Å². The first kappa shape index (κ1) is 68.6. The first-order chi connectivity index (χ1) is 36.0. The summed E-state index contributed by atoms with van der Waals surface area (Å²) >= 11 is 0. The van der Waals surface area contributed by atoms with Crippen LogP contribution in [-0.4, -0.2) is 230 Å². The minimum atomic E-state index is -1.67. The van der Waals surface area contributed by atoms with Gasteiger partial charge in [-0.05, 0) is 59.3 Å². The van der Waals surface area contributed by atoms with E-state index in [4.69, 9.17) is 49.4 Å². The van der Waals surface area contributed by atoms with Gasteiger partial charge in [-0.15, -0.1) is 10.3 Å². The van der Waals surface area contributed by atoms with Crippen molar-refractivity contribution in [2.45, 2.75) is 103 Å². The highest BCUT2D eigenvalue weighted by molar-refractivity contribution is 5.95. The smallest absolute Gasteiger partial charge is 0.326 e. The lowest BCUT2D eigenvalue weighted by Gasteiger charge is -2.49. The number of carbonyl (C=O) groups is 8. The van der Waals surface area contributed by atoms with E-state index in [2.05, 4.69) is 36.9 Å². The van der Waals surface area contributed by atoms with E-state index < -0.39 is 103 Å². The molecule has 0 aromatic heterocycles. The highest BCUT2D eigenvalue weighted by Crippen LogP contribution is 2.40. The molecule has 29 heteroatoms. The molecule has 76 heavy (non-hydrogen) atoms. The quantitative estimate of drug-likeness (QED) is 0.0163. The highest BCUT2D eigenvalue weighted by Gasteiger charge is 2.48. The number of carboxylic acid groups (broad SMARTS) is 2. The van der Waals surface area contributed by atoms with Gasteiger partial charge in [0.1, 0.15) is 31.3 Å². The third-order valence-corrected chi connectivity index (χ3v) is 11.1. The Bertz CT molecular complexity index is 1770. The molecule has 1 aliphatic heterocycles. The molecule has 1 rings (SSSR count). The van der Waals surface area contributed by atoms with Gasteiger partial charge in [-0.2, -0.15) is 0 Å². The van der Waals surface area contributed by atoms with Crippen LogP contribution in [0.4, 0.5) is 0 Å². The Balaban J connectivity index is 2.11. The molecular formula is C47H85N10O19. The van der Waals surface area contributed by atoms with E-state index in [1.54, 1.807) is 0 Å². The number of nitrogens with one attached hydrogen (secondary N) is 6. The first-order valence-electron chi connectivity index (χ1n) is 25.3. The largest absolute Gasteiger partial charge is 0.481 e. The Labute approximate surface area is 444 Å². The van der Waals surface area contributed by atoms with Crippen molar-refractivity contribution in [2.75, 3.05) is 132 Å². The highest BCUT2D eigenvalue weighted by atomic mass is 16.6. The van der Waals surface area contributed by atoms with Crippen LogP contribution < -0.4 is 43.4 Å². The number of carbonyl (C=O) groups excluding carboxylic acids is 6. The predicted molar refractivity (Wildman–Crippen MR) is 269 cm³/mol. The Kier molecular flexibility index (Phi) is 35.3. The van der Waals surface area contributed by atoms with E-state index in [9.17, 15) is 53.8 Å². The summed E-state index contributed by atoms with van der Waals surface area (Å²) < 4.78 is 43.5. The van der Waals surface area contributed by atoms with Crippen molar-refractivity contribution in [1.29, 1.82) is 0 Å². The van der Waals surface area contributed by atoms with Gasteiger partial charge in [0.05, 0.1) is 105 Å². The molecule has 0 aromatic rings. The fourth-order valence-electron chi connectivity index (χ4n) is 7.51. The van der Waals surface area contributed by atoms with Crippen molar-refractivity contribution in [3.05, 3.63) is 0 Å². The summed E-state index contributed by atoms with van der Waals surface area (Å²) in [7, 11) is 0. The number of aliphatic imine (C=N–C) groups is 1. The molecule has 0 saturated carbocycles. The van der Waals surface area contributed by atoms with E-state index in [1.165, 1.54) is 13.8 Å². The molecule has 29 nitrogen and oxygen atoms in total. The van der Waals surface area contributed by atoms with Crippen molar-refractivity contribution in [3.63, 3.8) is 0 Å². The van der Waals surface area contributed by atoms with Gasteiger partial charge in [0.25, 0.3) is 0 Å². The fraction of sp³-hybridized carbons (Fsp3) is 0.809. The molecule has 0 spiro atoms. The number of piperidine rings is 1. The summed E-state index contributed by atoms with van der Waals surface area (Å²) in [5.74, 6) is -8.05. The normalized spacial score (nSPS) is 15.4. The van der Waals surface area contributed by atoms with Gasteiger partial charge in [0.15, 0.2) is 5.96 Å². The number of hydrogen-bond donors (Lipinski definition) is 10. The minimum absolute atomic E-state index is 0.00442. The molecule has 0 unspecified atom stereocenters. The Morgan fingerprint density at radius 2 is 1.04 bits per heavy atom. The zero-order valence-electron chi connectivity index (χ0n) is 44.9. The van der Waals surface area contributed by atoms with Crippen molar-refractivity contribution >= 4 is 53.3 Å². The standard InChI is InChI=1S/C47H85N10O19/c1-32(2)40(44(66)67)56-43(65)35(26-39(61)62)55-36(58)29-53-42(64)34(8-7-9-52-45(48)49)54-38(60)31-76-30-37(59)50-10-12-69-14-16-71-18-20-73-22-24-75-25-23-74-21-19-72-17-15-70-13-11-51-41(63)33-27-46(3,4)57(68)47(5,6)28-33/h32-35,40H,7-31H2,1-6H3,(H,50,59)(H,51,63)(H,53,64)(H,54,60)(H,55,58)(H,56,65)(H,61,62)(H,66,67)(H4,48,49,52)/t34-,35-,40-/m0/s1. The predicted octanol–water partition coefficient (Wildman–Crippen LogP) is -3.19. The number of guanidine groups is 1. The Morgan fingerprint density at radius 1 is 0.592 bits per heavy atom. The molecule has 6 amide bonds. The summed E-state index contributed by atoms with van der Waals surface area (Å²) in [6.45, 7) is 14.3. The maximum Gasteiger partial charge on any atom is 0.326 e. The second-order valence-corrected chi connectivity index (χ2v) is 19.0. The van der Waals surface area contributed by atoms with Gasteiger partial charge in [0, 0.05) is 36.6 Å². The number of nitrogens with two attached hydrogens (primary N) is 2. The molecule has 437 valence electrons. The zero-order valence-corrected chi connectivity index (χ0v) is 44.9.